The lowest BCUT2D eigenvalue weighted by Gasteiger charge is -2.10. The predicted octanol–water partition coefficient (Wildman–Crippen LogP) is 2.90. The van der Waals surface area contributed by atoms with Crippen LogP contribution in [0.4, 0.5) is 18.9 Å². The Morgan fingerprint density at radius 2 is 1.76 bits per heavy atom. The average molecular weight is 422 g/mol. The van der Waals surface area contributed by atoms with Crippen LogP contribution in [0.2, 0.25) is 0 Å². The number of sulfone groups is 1. The number of halogens is 3. The third-order valence-electron chi connectivity index (χ3n) is 4.30. The number of fused-ring (bicyclic) bond motifs is 1. The summed E-state index contributed by atoms with van der Waals surface area (Å²) in [6.45, 7) is 0. The monoisotopic (exact) mass is 422 g/mol. The van der Waals surface area contributed by atoms with Crippen LogP contribution in [0.3, 0.4) is 0 Å². The predicted molar refractivity (Wildman–Crippen MR) is 105 cm³/mol. The highest BCUT2D eigenvalue weighted by Gasteiger charge is 2.35. The molecule has 1 atom stereocenters. The molecular formula is C20H19F3N3O2S+. The van der Waals surface area contributed by atoms with Gasteiger partial charge in [-0.25, -0.2) is 13.4 Å². The second kappa shape index (κ2) is 7.94. The molecule has 3 rings (SSSR count). The second-order valence-corrected chi connectivity index (χ2v) is 8.55. The van der Waals surface area contributed by atoms with Crippen molar-refractivity contribution < 1.29 is 26.9 Å². The van der Waals surface area contributed by atoms with E-state index in [4.69, 9.17) is 5.73 Å². The van der Waals surface area contributed by atoms with Gasteiger partial charge < -0.3 is 5.73 Å². The standard InChI is InChI=1S/C20H18F3N3O2S/c1-29(27,28)14-8-6-13(7-9-14)17-12-18(15-4-2-3-5-16(15)26-17)25-11-10-19(24)20(21,22)23/h2-12,19H,24H2,1H3,(H,25,26)/p+1/b11-10-. The van der Waals surface area contributed by atoms with E-state index in [-0.39, 0.29) is 4.90 Å². The number of hydrogen-bond acceptors (Lipinski definition) is 4. The van der Waals surface area contributed by atoms with Gasteiger partial charge in [0.05, 0.1) is 27.7 Å². The Labute approximate surface area is 166 Å². The van der Waals surface area contributed by atoms with Crippen LogP contribution in [0.25, 0.3) is 22.2 Å². The van der Waals surface area contributed by atoms with Crippen LogP contribution in [0.5, 0.6) is 0 Å². The Morgan fingerprint density at radius 3 is 2.38 bits per heavy atom. The van der Waals surface area contributed by atoms with Gasteiger partial charge in [0.15, 0.2) is 9.84 Å². The molecule has 5 nitrogen and oxygen atoms in total. The van der Waals surface area contributed by atoms with Crippen molar-refractivity contribution in [3.05, 3.63) is 66.9 Å². The number of nitrogens with zero attached hydrogens (tertiary/aromatic N) is 1. The van der Waals surface area contributed by atoms with Crippen LogP contribution in [0, 0.1) is 0 Å². The molecule has 0 amide bonds. The average Bonchev–Trinajstić information content (AvgIpc) is 2.66. The fourth-order valence-electron chi connectivity index (χ4n) is 2.75. The van der Waals surface area contributed by atoms with Crippen molar-refractivity contribution in [3.8, 4) is 11.3 Å². The summed E-state index contributed by atoms with van der Waals surface area (Å²) >= 11 is 0. The van der Waals surface area contributed by atoms with Crippen LogP contribution in [0.15, 0.2) is 71.8 Å². The van der Waals surface area contributed by atoms with E-state index in [1.807, 2.05) is 18.2 Å². The minimum absolute atomic E-state index is 0.192. The van der Waals surface area contributed by atoms with Crippen molar-refractivity contribution in [1.82, 2.24) is 4.98 Å². The van der Waals surface area contributed by atoms with Crippen molar-refractivity contribution in [2.45, 2.75) is 17.1 Å². The lowest BCUT2D eigenvalue weighted by atomic mass is 10.1. The molecule has 152 valence electrons. The maximum Gasteiger partial charge on any atom is 0.407 e. The molecule has 0 radical (unpaired) electrons. The third-order valence-corrected chi connectivity index (χ3v) is 5.43. The van der Waals surface area contributed by atoms with Gasteiger partial charge in [-0.2, -0.15) is 13.2 Å². The van der Waals surface area contributed by atoms with Gasteiger partial charge in [0.1, 0.15) is 11.7 Å². The molecule has 1 unspecified atom stereocenters. The zero-order chi connectivity index (χ0) is 21.2. The fourth-order valence-corrected chi connectivity index (χ4v) is 3.38. The van der Waals surface area contributed by atoms with Gasteiger partial charge in [0.2, 0.25) is 0 Å². The van der Waals surface area contributed by atoms with Gasteiger partial charge >= 0.3 is 6.18 Å². The first-order chi connectivity index (χ1) is 13.6. The minimum Gasteiger partial charge on any atom is -0.317 e. The Bertz CT molecular complexity index is 1160. The number of quaternary nitrogens is 1. The second-order valence-electron chi connectivity index (χ2n) is 6.53. The van der Waals surface area contributed by atoms with Gasteiger partial charge in [-0.3, -0.25) is 5.32 Å². The first kappa shape index (κ1) is 21.0. The molecule has 0 aliphatic heterocycles. The van der Waals surface area contributed by atoms with Crippen molar-refractivity contribution >= 4 is 26.4 Å². The maximum absolute atomic E-state index is 12.6. The van der Waals surface area contributed by atoms with Gasteiger partial charge in [0.25, 0.3) is 0 Å². The summed E-state index contributed by atoms with van der Waals surface area (Å²) in [5.41, 5.74) is 7.70. The summed E-state index contributed by atoms with van der Waals surface area (Å²) in [6, 6.07) is 13.2. The zero-order valence-corrected chi connectivity index (χ0v) is 16.2. The van der Waals surface area contributed by atoms with Gasteiger partial charge in [0, 0.05) is 17.9 Å². The number of para-hydroxylation sites is 1. The summed E-state index contributed by atoms with van der Waals surface area (Å²) in [7, 11) is -3.32. The van der Waals surface area contributed by atoms with E-state index in [2.05, 4.69) is 4.98 Å². The quantitative estimate of drug-likeness (QED) is 0.662. The van der Waals surface area contributed by atoms with Crippen LogP contribution < -0.4 is 11.1 Å². The van der Waals surface area contributed by atoms with Crippen LogP contribution >= 0.6 is 0 Å². The van der Waals surface area contributed by atoms with Crippen molar-refractivity contribution in [1.29, 1.82) is 0 Å². The Hall–Kier alpha value is -2.75. The number of aromatic nitrogens is 1. The molecule has 1 aromatic heterocycles. The molecule has 0 bridgehead atoms. The Kier molecular flexibility index (Phi) is 5.74. The van der Waals surface area contributed by atoms with Crippen LogP contribution in [-0.4, -0.2) is 31.9 Å². The fraction of sp³-hybridized carbons (Fsp3) is 0.150. The molecule has 0 spiro atoms. The van der Waals surface area contributed by atoms with E-state index in [9.17, 15) is 21.6 Å². The molecular weight excluding hydrogens is 403 g/mol. The van der Waals surface area contributed by atoms with Crippen molar-refractivity contribution in [2.75, 3.05) is 6.26 Å². The van der Waals surface area contributed by atoms with Gasteiger partial charge in [-0.1, -0.05) is 24.3 Å². The Morgan fingerprint density at radius 1 is 1.10 bits per heavy atom. The third kappa shape index (κ3) is 5.00. The number of rotatable bonds is 5. The maximum atomic E-state index is 12.6. The number of nitrogens with two attached hydrogens (primary N) is 2. The normalized spacial score (nSPS) is 13.8. The van der Waals surface area contributed by atoms with Crippen molar-refractivity contribution in [3.63, 3.8) is 0 Å². The molecule has 0 aliphatic carbocycles. The Balaban J connectivity index is 1.99. The highest BCUT2D eigenvalue weighted by Crippen LogP contribution is 2.26. The highest BCUT2D eigenvalue weighted by atomic mass is 32.2. The van der Waals surface area contributed by atoms with E-state index in [0.717, 1.165) is 17.7 Å². The molecule has 2 aromatic carbocycles. The first-order valence-electron chi connectivity index (χ1n) is 8.60. The number of benzene rings is 2. The molecule has 29 heavy (non-hydrogen) atoms. The molecule has 0 saturated heterocycles. The van der Waals surface area contributed by atoms with Crippen LogP contribution in [-0.2, 0) is 9.84 Å². The molecule has 0 fully saturated rings. The van der Waals surface area contributed by atoms with E-state index in [1.165, 1.54) is 18.3 Å². The first-order valence-corrected chi connectivity index (χ1v) is 10.5. The molecule has 1 heterocycles. The molecule has 4 N–H and O–H groups in total. The minimum atomic E-state index is -4.50. The topological polar surface area (TPSA) is 89.7 Å². The number of pyridine rings is 1. The lowest BCUT2D eigenvalue weighted by Crippen LogP contribution is -2.71. The summed E-state index contributed by atoms with van der Waals surface area (Å²) in [4.78, 5) is 4.77. The van der Waals surface area contributed by atoms with E-state index in [0.29, 0.717) is 22.5 Å². The molecule has 3 aromatic rings. The molecule has 0 aliphatic rings. The molecule has 0 saturated carbocycles. The molecule has 9 heteroatoms. The lowest BCUT2D eigenvalue weighted by molar-refractivity contribution is -0.495. The summed E-state index contributed by atoms with van der Waals surface area (Å²) in [6.07, 6.45) is -1.22. The zero-order valence-electron chi connectivity index (χ0n) is 15.4. The van der Waals surface area contributed by atoms with E-state index >= 15 is 0 Å². The van der Waals surface area contributed by atoms with Gasteiger partial charge in [-0.05, 0) is 30.3 Å². The summed E-state index contributed by atoms with van der Waals surface area (Å²) < 4.78 is 61.0. The van der Waals surface area contributed by atoms with E-state index < -0.39 is 22.1 Å². The number of hydrogen-bond donors (Lipinski definition) is 2. The summed E-state index contributed by atoms with van der Waals surface area (Å²) in [5.74, 6) is 0. The van der Waals surface area contributed by atoms with Gasteiger partial charge in [-0.15, -0.1) is 0 Å². The van der Waals surface area contributed by atoms with Crippen LogP contribution in [0.1, 0.15) is 0 Å². The summed E-state index contributed by atoms with van der Waals surface area (Å²) in [5, 5.41) is 2.32. The highest BCUT2D eigenvalue weighted by molar-refractivity contribution is 7.90. The smallest absolute Gasteiger partial charge is 0.317 e. The largest absolute Gasteiger partial charge is 0.407 e. The van der Waals surface area contributed by atoms with Crippen molar-refractivity contribution in [2.24, 2.45) is 5.73 Å². The number of alkyl halides is 3. The van der Waals surface area contributed by atoms with E-state index in [1.54, 1.807) is 29.6 Å². The SMILES string of the molecule is CS(=O)(=O)c1ccc(-c2cc([NH2+]/C=C\C(N)C(F)(F)F)c3ccccc3n2)cc1.